The molecular weight excluding hydrogens is 320 g/mol. The molecule has 0 amide bonds. The minimum atomic E-state index is -0.405. The topological polar surface area (TPSA) is 45.2 Å². The number of carbonyl (C=O) groups is 1. The Morgan fingerprint density at radius 2 is 2.00 bits per heavy atom. The second-order valence-corrected chi connectivity index (χ2v) is 8.04. The number of Topliss-reactive ketones (excluding diaryl/α,β-unsaturated/α-hetero) is 1. The quantitative estimate of drug-likeness (QED) is 0.767. The molecule has 26 heavy (non-hydrogen) atoms. The minimum Gasteiger partial charge on any atom is -0.360 e. The maximum Gasteiger partial charge on any atom is 0.170 e. The molecule has 0 spiro atoms. The van der Waals surface area contributed by atoms with Crippen molar-refractivity contribution >= 4 is 22.4 Å². The average molecular weight is 344 g/mol. The van der Waals surface area contributed by atoms with Crippen molar-refractivity contribution in [3.63, 3.8) is 0 Å². The highest BCUT2D eigenvalue weighted by molar-refractivity contribution is 6.17. The van der Waals surface area contributed by atoms with Crippen LogP contribution in [-0.4, -0.2) is 16.5 Å². The molecule has 2 aliphatic rings. The first-order chi connectivity index (χ1) is 12.4. The number of fused-ring (bicyclic) bond motifs is 1. The number of benzene rings is 1. The van der Waals surface area contributed by atoms with Crippen molar-refractivity contribution in [2.75, 3.05) is 0 Å². The minimum absolute atomic E-state index is 0.175. The Hall–Kier alpha value is -2.68. The van der Waals surface area contributed by atoms with E-state index in [1.54, 1.807) is 0 Å². The summed E-state index contributed by atoms with van der Waals surface area (Å²) >= 11 is 0. The van der Waals surface area contributed by atoms with Crippen molar-refractivity contribution in [3.8, 4) is 0 Å². The van der Waals surface area contributed by atoms with Crippen LogP contribution in [0.1, 0.15) is 45.6 Å². The number of H-pyrrole nitrogens is 1. The molecule has 0 unspecified atom stereocenters. The second kappa shape index (κ2) is 6.24. The highest BCUT2D eigenvalue weighted by Gasteiger charge is 2.30. The molecule has 0 saturated carbocycles. The van der Waals surface area contributed by atoms with Crippen molar-refractivity contribution < 1.29 is 4.79 Å². The molecular formula is C23H24N2O. The fourth-order valence-electron chi connectivity index (χ4n) is 3.64. The number of hydrogen-bond acceptors (Lipinski definition) is 2. The van der Waals surface area contributed by atoms with E-state index >= 15 is 0 Å². The number of nitrogens with one attached hydrogen (secondary N) is 1. The molecule has 2 aromatic rings. The zero-order valence-electron chi connectivity index (χ0n) is 15.6. The fraction of sp³-hybridized carbons (Fsp3) is 0.304. The third-order valence-corrected chi connectivity index (χ3v) is 5.05. The van der Waals surface area contributed by atoms with E-state index in [4.69, 9.17) is 4.99 Å². The lowest BCUT2D eigenvalue weighted by molar-refractivity contribution is -0.122. The van der Waals surface area contributed by atoms with E-state index in [0.717, 1.165) is 52.7 Å². The highest BCUT2D eigenvalue weighted by Crippen LogP contribution is 2.35. The summed E-state index contributed by atoms with van der Waals surface area (Å²) in [4.78, 5) is 21.3. The fourth-order valence-corrected chi connectivity index (χ4v) is 3.64. The zero-order chi connectivity index (χ0) is 18.3. The van der Waals surface area contributed by atoms with Gasteiger partial charge in [-0.3, -0.25) is 4.79 Å². The molecule has 2 heterocycles. The number of para-hydroxylation sites is 1. The summed E-state index contributed by atoms with van der Waals surface area (Å²) in [7, 11) is 0. The Balaban J connectivity index is 1.83. The average Bonchev–Trinajstić information content (AvgIpc) is 2.92. The highest BCUT2D eigenvalue weighted by atomic mass is 16.1. The van der Waals surface area contributed by atoms with Gasteiger partial charge in [-0.1, -0.05) is 51.1 Å². The predicted octanol–water partition coefficient (Wildman–Crippen LogP) is 5.51. The number of carbonyl (C=O) groups excluding carboxylic acids is 1. The van der Waals surface area contributed by atoms with Gasteiger partial charge in [0.25, 0.3) is 0 Å². The van der Waals surface area contributed by atoms with E-state index in [1.165, 1.54) is 5.57 Å². The normalized spacial score (nSPS) is 17.7. The Morgan fingerprint density at radius 1 is 1.19 bits per heavy atom. The molecule has 132 valence electrons. The maximum atomic E-state index is 13.0. The van der Waals surface area contributed by atoms with Gasteiger partial charge in [-0.05, 0) is 37.0 Å². The van der Waals surface area contributed by atoms with Gasteiger partial charge in [0.05, 0.1) is 11.4 Å². The van der Waals surface area contributed by atoms with E-state index in [-0.39, 0.29) is 5.78 Å². The van der Waals surface area contributed by atoms with Gasteiger partial charge >= 0.3 is 0 Å². The predicted molar refractivity (Wildman–Crippen MR) is 107 cm³/mol. The van der Waals surface area contributed by atoms with Crippen molar-refractivity contribution in [1.29, 1.82) is 0 Å². The molecule has 1 N–H and O–H groups in total. The number of ketones is 1. The molecule has 3 heteroatoms. The number of hydrogen-bond donors (Lipinski definition) is 1. The lowest BCUT2D eigenvalue weighted by Gasteiger charge is -2.23. The number of allylic oxidation sites excluding steroid dienone is 5. The van der Waals surface area contributed by atoms with Gasteiger partial charge in [0.15, 0.2) is 5.78 Å². The van der Waals surface area contributed by atoms with Gasteiger partial charge in [0.2, 0.25) is 0 Å². The van der Waals surface area contributed by atoms with Crippen LogP contribution in [0.2, 0.25) is 0 Å². The van der Waals surface area contributed by atoms with Gasteiger partial charge in [-0.15, -0.1) is 0 Å². The Labute approximate surface area is 154 Å². The Kier molecular flexibility index (Phi) is 4.03. The van der Waals surface area contributed by atoms with Crippen LogP contribution < -0.4 is 0 Å². The molecule has 0 fully saturated rings. The molecule has 1 aromatic heterocycles. The van der Waals surface area contributed by atoms with Crippen LogP contribution >= 0.6 is 0 Å². The summed E-state index contributed by atoms with van der Waals surface area (Å²) in [5, 5.41) is 1.16. The first kappa shape index (κ1) is 16.8. The summed E-state index contributed by atoms with van der Waals surface area (Å²) in [6, 6.07) is 8.24. The van der Waals surface area contributed by atoms with Crippen molar-refractivity contribution in [2.45, 2.75) is 40.0 Å². The molecule has 1 aromatic carbocycles. The maximum absolute atomic E-state index is 13.0. The van der Waals surface area contributed by atoms with Crippen LogP contribution in [-0.2, 0) is 4.79 Å². The van der Waals surface area contributed by atoms with Crippen molar-refractivity contribution in [1.82, 2.24) is 4.98 Å². The first-order valence-electron chi connectivity index (χ1n) is 9.24. The molecule has 0 bridgehead atoms. The van der Waals surface area contributed by atoms with E-state index in [1.807, 2.05) is 39.1 Å². The van der Waals surface area contributed by atoms with Crippen LogP contribution in [0.4, 0.5) is 0 Å². The zero-order valence-corrected chi connectivity index (χ0v) is 15.6. The monoisotopic (exact) mass is 344 g/mol. The van der Waals surface area contributed by atoms with Crippen LogP contribution in [0.5, 0.6) is 0 Å². The molecule has 0 atom stereocenters. The SMILES string of the molecule is CC(C)(C)C(=O)C1=CCCC2=C1N=C(c1c[nH]c3ccccc13)C=CC2. The Bertz CT molecular complexity index is 1010. The standard InChI is InChI=1S/C23H24N2O/c1-23(2,3)22(26)17-11-6-8-15-9-7-13-20(25-21(15)17)18-14-24-19-12-5-4-10-16(18)19/h4-5,7,10-14,24H,6,8-9H2,1-3H3. The van der Waals surface area contributed by atoms with Gasteiger partial charge < -0.3 is 4.98 Å². The number of rotatable bonds is 2. The molecule has 3 nitrogen and oxygen atoms in total. The van der Waals surface area contributed by atoms with E-state index in [9.17, 15) is 4.79 Å². The number of aromatic nitrogens is 1. The molecule has 1 aliphatic carbocycles. The summed E-state index contributed by atoms with van der Waals surface area (Å²) in [5.74, 6) is 0.175. The van der Waals surface area contributed by atoms with Crippen LogP contribution in [0.3, 0.4) is 0 Å². The lowest BCUT2D eigenvalue weighted by Crippen LogP contribution is -2.24. The molecule has 0 saturated heterocycles. The summed E-state index contributed by atoms with van der Waals surface area (Å²) in [6.45, 7) is 5.93. The summed E-state index contributed by atoms with van der Waals surface area (Å²) in [5.41, 5.74) is 5.65. The van der Waals surface area contributed by atoms with E-state index in [0.29, 0.717) is 0 Å². The van der Waals surface area contributed by atoms with Gasteiger partial charge in [-0.25, -0.2) is 4.99 Å². The largest absolute Gasteiger partial charge is 0.360 e. The number of aromatic amines is 1. The van der Waals surface area contributed by atoms with Crippen LogP contribution in [0.15, 0.2) is 70.5 Å². The van der Waals surface area contributed by atoms with E-state index < -0.39 is 5.41 Å². The second-order valence-electron chi connectivity index (χ2n) is 8.04. The smallest absolute Gasteiger partial charge is 0.170 e. The Morgan fingerprint density at radius 3 is 2.81 bits per heavy atom. The summed E-state index contributed by atoms with van der Waals surface area (Å²) in [6.07, 6.45) is 11.1. The van der Waals surface area contributed by atoms with Gasteiger partial charge in [0.1, 0.15) is 0 Å². The molecule has 4 rings (SSSR count). The number of nitrogens with zero attached hydrogens (tertiary/aromatic N) is 1. The number of aliphatic imine (C=N–C) groups is 1. The molecule has 0 radical (unpaired) electrons. The van der Waals surface area contributed by atoms with Crippen molar-refractivity contribution in [3.05, 3.63) is 71.1 Å². The van der Waals surface area contributed by atoms with Crippen LogP contribution in [0, 0.1) is 5.41 Å². The third kappa shape index (κ3) is 2.88. The molecule has 1 aliphatic heterocycles. The van der Waals surface area contributed by atoms with E-state index in [2.05, 4.69) is 35.3 Å². The van der Waals surface area contributed by atoms with Gasteiger partial charge in [0, 0.05) is 33.7 Å². The summed E-state index contributed by atoms with van der Waals surface area (Å²) < 4.78 is 0. The third-order valence-electron chi connectivity index (χ3n) is 5.05. The first-order valence-corrected chi connectivity index (χ1v) is 9.24. The van der Waals surface area contributed by atoms with Crippen molar-refractivity contribution in [2.24, 2.45) is 10.4 Å². The van der Waals surface area contributed by atoms with Gasteiger partial charge in [-0.2, -0.15) is 0 Å². The lowest BCUT2D eigenvalue weighted by atomic mass is 9.81. The van der Waals surface area contributed by atoms with Crippen LogP contribution in [0.25, 0.3) is 10.9 Å².